The van der Waals surface area contributed by atoms with Crippen LogP contribution < -0.4 is 10.6 Å². The number of hydrogen-bond acceptors (Lipinski definition) is 6. The molecular weight excluding hydrogens is 328 g/mol. The van der Waals surface area contributed by atoms with Crippen molar-refractivity contribution < 1.29 is 9.84 Å². The van der Waals surface area contributed by atoms with E-state index in [1.807, 2.05) is 19.1 Å². The Morgan fingerprint density at radius 1 is 1.23 bits per heavy atom. The molecule has 0 spiro atoms. The number of rotatable bonds is 5. The van der Waals surface area contributed by atoms with Gasteiger partial charge in [-0.3, -0.25) is 0 Å². The second kappa shape index (κ2) is 7.70. The van der Waals surface area contributed by atoms with Crippen molar-refractivity contribution in [2.75, 3.05) is 25.0 Å². The van der Waals surface area contributed by atoms with Crippen LogP contribution in [-0.2, 0) is 30.6 Å². The lowest BCUT2D eigenvalue weighted by atomic mass is 10.1. The third kappa shape index (κ3) is 3.45. The number of anilines is 1. The fraction of sp³-hybridized carbons (Fsp3) is 0.500. The molecule has 0 amide bonds. The molecule has 4 rings (SSSR count). The van der Waals surface area contributed by atoms with Gasteiger partial charge >= 0.3 is 0 Å². The largest absolute Gasteiger partial charge is 0.390 e. The third-order valence-electron chi connectivity index (χ3n) is 5.16. The highest BCUT2D eigenvalue weighted by atomic mass is 16.5. The lowest BCUT2D eigenvalue weighted by molar-refractivity contribution is 0.128. The Hall–Kier alpha value is -2.02. The lowest BCUT2D eigenvalue weighted by Gasteiger charge is -2.22. The second-order valence-corrected chi connectivity index (χ2v) is 6.89. The second-order valence-electron chi connectivity index (χ2n) is 6.89. The predicted molar refractivity (Wildman–Crippen MR) is 100 cm³/mol. The van der Waals surface area contributed by atoms with Crippen LogP contribution in [0.2, 0.25) is 0 Å². The van der Waals surface area contributed by atoms with Gasteiger partial charge in [0, 0.05) is 31.6 Å². The Morgan fingerprint density at radius 2 is 2.08 bits per heavy atom. The standard InChI is InChI=1S/C20H26N4O2/c1-2-26-12-18-22-16-8-10-21-9-7-15(16)20(23-18)24-19-14-6-4-3-5-13(14)11-17(19)25/h3-6,17,19,21,25H,2,7-12H2,1H3,(H,22,23,24)/t17-,19+/m0/s1. The van der Waals surface area contributed by atoms with Gasteiger partial charge in [0.15, 0.2) is 5.82 Å². The summed E-state index contributed by atoms with van der Waals surface area (Å²) in [5.41, 5.74) is 4.61. The van der Waals surface area contributed by atoms with Crippen molar-refractivity contribution in [1.82, 2.24) is 15.3 Å². The highest BCUT2D eigenvalue weighted by Gasteiger charge is 2.32. The molecule has 1 aliphatic heterocycles. The number of aliphatic hydroxyl groups is 1. The monoisotopic (exact) mass is 354 g/mol. The molecule has 2 atom stereocenters. The number of benzene rings is 1. The van der Waals surface area contributed by atoms with Gasteiger partial charge in [0.2, 0.25) is 0 Å². The molecular formula is C20H26N4O2. The molecule has 0 saturated heterocycles. The maximum Gasteiger partial charge on any atom is 0.156 e. The molecule has 138 valence electrons. The molecule has 26 heavy (non-hydrogen) atoms. The predicted octanol–water partition coefficient (Wildman–Crippen LogP) is 1.77. The summed E-state index contributed by atoms with van der Waals surface area (Å²) in [5, 5.41) is 17.6. The first-order chi connectivity index (χ1) is 12.8. The SMILES string of the molecule is CCOCc1nc2c(c(N[C@@H]3c4ccccc4C[C@@H]3O)n1)CCNCC2. The van der Waals surface area contributed by atoms with Gasteiger partial charge in [-0.15, -0.1) is 0 Å². The van der Waals surface area contributed by atoms with Gasteiger partial charge in [-0.05, 0) is 31.0 Å². The summed E-state index contributed by atoms with van der Waals surface area (Å²) in [4.78, 5) is 9.48. The van der Waals surface area contributed by atoms with Gasteiger partial charge in [-0.1, -0.05) is 24.3 Å². The van der Waals surface area contributed by atoms with Crippen molar-refractivity contribution in [1.29, 1.82) is 0 Å². The Balaban J connectivity index is 1.68. The average Bonchev–Trinajstić information content (AvgIpc) is 2.82. The van der Waals surface area contributed by atoms with E-state index in [-0.39, 0.29) is 6.04 Å². The highest BCUT2D eigenvalue weighted by Crippen LogP contribution is 2.35. The molecule has 2 aliphatic rings. The molecule has 1 aromatic heterocycles. The van der Waals surface area contributed by atoms with Crippen LogP contribution in [0.4, 0.5) is 5.82 Å². The van der Waals surface area contributed by atoms with Crippen LogP contribution in [0.3, 0.4) is 0 Å². The van der Waals surface area contributed by atoms with E-state index < -0.39 is 6.10 Å². The fourth-order valence-corrected chi connectivity index (χ4v) is 3.87. The molecule has 0 unspecified atom stereocenters. The van der Waals surface area contributed by atoms with E-state index >= 15 is 0 Å². The molecule has 0 saturated carbocycles. The summed E-state index contributed by atoms with van der Waals surface area (Å²) in [7, 11) is 0. The van der Waals surface area contributed by atoms with Crippen molar-refractivity contribution in [3.63, 3.8) is 0 Å². The first-order valence-electron chi connectivity index (χ1n) is 9.45. The Kier molecular flexibility index (Phi) is 5.15. The van der Waals surface area contributed by atoms with Crippen LogP contribution in [-0.4, -0.2) is 40.9 Å². The van der Waals surface area contributed by atoms with Crippen molar-refractivity contribution in [2.45, 2.75) is 44.9 Å². The van der Waals surface area contributed by atoms with E-state index in [1.165, 1.54) is 5.56 Å². The quantitative estimate of drug-likeness (QED) is 0.759. The smallest absolute Gasteiger partial charge is 0.156 e. The van der Waals surface area contributed by atoms with Crippen LogP contribution in [0.15, 0.2) is 24.3 Å². The van der Waals surface area contributed by atoms with E-state index in [0.29, 0.717) is 25.5 Å². The average molecular weight is 354 g/mol. The van der Waals surface area contributed by atoms with Crippen molar-refractivity contribution >= 4 is 5.82 Å². The zero-order valence-electron chi connectivity index (χ0n) is 15.2. The number of hydrogen-bond donors (Lipinski definition) is 3. The topological polar surface area (TPSA) is 79.3 Å². The summed E-state index contributed by atoms with van der Waals surface area (Å²) >= 11 is 0. The Labute approximate surface area is 154 Å². The minimum Gasteiger partial charge on any atom is -0.390 e. The number of aliphatic hydroxyl groups excluding tert-OH is 1. The van der Waals surface area contributed by atoms with Gasteiger partial charge in [0.25, 0.3) is 0 Å². The van der Waals surface area contributed by atoms with E-state index in [1.54, 1.807) is 0 Å². The molecule has 2 heterocycles. The van der Waals surface area contributed by atoms with E-state index in [2.05, 4.69) is 22.8 Å². The molecule has 0 radical (unpaired) electrons. The summed E-state index contributed by atoms with van der Waals surface area (Å²) in [5.74, 6) is 1.55. The molecule has 6 nitrogen and oxygen atoms in total. The van der Waals surface area contributed by atoms with Crippen molar-refractivity contribution in [3.8, 4) is 0 Å². The van der Waals surface area contributed by atoms with Gasteiger partial charge in [-0.2, -0.15) is 0 Å². The van der Waals surface area contributed by atoms with Crippen molar-refractivity contribution in [2.24, 2.45) is 0 Å². The van der Waals surface area contributed by atoms with Gasteiger partial charge in [0.05, 0.1) is 17.8 Å². The van der Waals surface area contributed by atoms with E-state index in [4.69, 9.17) is 14.7 Å². The van der Waals surface area contributed by atoms with Crippen molar-refractivity contribution in [3.05, 3.63) is 52.5 Å². The fourth-order valence-electron chi connectivity index (χ4n) is 3.87. The van der Waals surface area contributed by atoms with E-state index in [9.17, 15) is 5.11 Å². The van der Waals surface area contributed by atoms with Gasteiger partial charge < -0.3 is 20.5 Å². The molecule has 0 bridgehead atoms. The maximum atomic E-state index is 10.6. The maximum absolute atomic E-state index is 10.6. The normalized spacial score (nSPS) is 21.8. The molecule has 1 aliphatic carbocycles. The minimum atomic E-state index is -0.447. The Bertz CT molecular complexity index is 780. The van der Waals surface area contributed by atoms with Crippen LogP contribution in [0.1, 0.15) is 41.2 Å². The molecule has 1 aromatic carbocycles. The lowest BCUT2D eigenvalue weighted by Crippen LogP contribution is -2.23. The number of aromatic nitrogens is 2. The number of fused-ring (bicyclic) bond motifs is 2. The van der Waals surface area contributed by atoms with Gasteiger partial charge in [0.1, 0.15) is 12.4 Å². The van der Waals surface area contributed by atoms with Crippen LogP contribution in [0, 0.1) is 0 Å². The molecule has 2 aromatic rings. The van der Waals surface area contributed by atoms with Crippen LogP contribution in [0.5, 0.6) is 0 Å². The molecule has 0 fully saturated rings. The summed E-state index contributed by atoms with van der Waals surface area (Å²) in [6.07, 6.45) is 2.00. The Morgan fingerprint density at radius 3 is 2.96 bits per heavy atom. The zero-order chi connectivity index (χ0) is 17.9. The third-order valence-corrected chi connectivity index (χ3v) is 5.16. The number of nitrogens with zero attached hydrogens (tertiary/aromatic N) is 2. The van der Waals surface area contributed by atoms with Crippen LogP contribution in [0.25, 0.3) is 0 Å². The zero-order valence-corrected chi connectivity index (χ0v) is 15.2. The summed E-state index contributed by atoms with van der Waals surface area (Å²) in [6.45, 7) is 4.86. The molecule has 6 heteroatoms. The molecule has 3 N–H and O–H groups in total. The summed E-state index contributed by atoms with van der Waals surface area (Å²) < 4.78 is 5.53. The van der Waals surface area contributed by atoms with E-state index in [0.717, 1.165) is 48.6 Å². The van der Waals surface area contributed by atoms with Crippen LogP contribution >= 0.6 is 0 Å². The number of ether oxygens (including phenoxy) is 1. The first kappa shape index (κ1) is 17.4. The summed E-state index contributed by atoms with van der Waals surface area (Å²) in [6, 6.07) is 8.09. The minimum absolute atomic E-state index is 0.138. The highest BCUT2D eigenvalue weighted by molar-refractivity contribution is 5.52. The first-order valence-corrected chi connectivity index (χ1v) is 9.45. The van der Waals surface area contributed by atoms with Gasteiger partial charge in [-0.25, -0.2) is 9.97 Å². The number of nitrogens with one attached hydrogen (secondary N) is 2.